The molecule has 0 radical (unpaired) electrons. The van der Waals surface area contributed by atoms with Crippen molar-refractivity contribution in [1.29, 1.82) is 0 Å². The third kappa shape index (κ3) is 3.01. The minimum absolute atomic E-state index is 0.0188. The summed E-state index contributed by atoms with van der Waals surface area (Å²) in [6.07, 6.45) is 4.02. The molecular weight excluding hydrogens is 320 g/mol. The Bertz CT molecular complexity index is 978. The van der Waals surface area contributed by atoms with Crippen molar-refractivity contribution >= 4 is 21.1 Å². The van der Waals surface area contributed by atoms with Gasteiger partial charge in [-0.05, 0) is 6.07 Å². The zero-order chi connectivity index (χ0) is 17.2. The number of hydrogen-bond acceptors (Lipinski definition) is 5. The summed E-state index contributed by atoms with van der Waals surface area (Å²) >= 11 is 0. The van der Waals surface area contributed by atoms with Crippen LogP contribution in [0.4, 0.5) is 0 Å². The van der Waals surface area contributed by atoms with Crippen molar-refractivity contribution in [1.82, 2.24) is 18.8 Å². The van der Waals surface area contributed by atoms with Crippen molar-refractivity contribution in [2.24, 2.45) is 7.05 Å². The Balaban J connectivity index is 2.69. The fourth-order valence-corrected chi connectivity index (χ4v) is 3.42. The average molecular weight is 336 g/mol. The predicted octanol–water partition coefficient (Wildman–Crippen LogP) is -0.0155. The van der Waals surface area contributed by atoms with Gasteiger partial charge in [-0.25, -0.2) is 18.2 Å². The van der Waals surface area contributed by atoms with Crippen molar-refractivity contribution in [3.8, 4) is 0 Å². The van der Waals surface area contributed by atoms with E-state index in [4.69, 9.17) is 0 Å². The zero-order valence-electron chi connectivity index (χ0n) is 12.5. The third-order valence-electron chi connectivity index (χ3n) is 3.23. The van der Waals surface area contributed by atoms with Gasteiger partial charge in [0.2, 0.25) is 10.0 Å². The van der Waals surface area contributed by atoms with Crippen molar-refractivity contribution in [2.45, 2.75) is 4.90 Å². The number of hydrogen-bond donors (Lipinski definition) is 1. The van der Waals surface area contributed by atoms with E-state index in [1.807, 2.05) is 0 Å². The average Bonchev–Trinajstić information content (AvgIpc) is 2.52. The van der Waals surface area contributed by atoms with Crippen LogP contribution in [0.25, 0.3) is 11.0 Å². The molecule has 0 aliphatic rings. The Hall–Kier alpha value is -2.52. The van der Waals surface area contributed by atoms with Crippen molar-refractivity contribution in [2.75, 3.05) is 13.1 Å². The van der Waals surface area contributed by atoms with Crippen LogP contribution in [0.1, 0.15) is 0 Å². The predicted molar refractivity (Wildman–Crippen MR) is 86.8 cm³/mol. The number of sulfonamides is 1. The topological polar surface area (TPSA) is 105 Å². The number of pyridine rings is 1. The Morgan fingerprint density at radius 3 is 2.48 bits per heavy atom. The van der Waals surface area contributed by atoms with E-state index in [9.17, 15) is 18.0 Å². The molecule has 0 saturated heterocycles. The maximum absolute atomic E-state index is 12.6. The molecule has 0 aliphatic heterocycles. The molecule has 0 aliphatic carbocycles. The number of fused-ring (bicyclic) bond motifs is 1. The summed E-state index contributed by atoms with van der Waals surface area (Å²) in [6.45, 7) is 7.24. The van der Waals surface area contributed by atoms with Crippen LogP contribution in [0, 0.1) is 0 Å². The van der Waals surface area contributed by atoms with E-state index in [0.717, 1.165) is 15.1 Å². The normalized spacial score (nSPS) is 11.7. The van der Waals surface area contributed by atoms with Crippen LogP contribution < -0.4 is 11.2 Å². The lowest BCUT2D eigenvalue weighted by Gasteiger charge is -2.19. The SMILES string of the molecule is C=CCN(CC=C)S(=O)(=O)c1cnc2c(c1)c(=O)[nH]c(=O)n2C. The van der Waals surface area contributed by atoms with Crippen LogP contribution in [0.3, 0.4) is 0 Å². The van der Waals surface area contributed by atoms with Gasteiger partial charge in [0.25, 0.3) is 5.56 Å². The second kappa shape index (κ2) is 6.31. The van der Waals surface area contributed by atoms with Gasteiger partial charge in [0.1, 0.15) is 10.5 Å². The summed E-state index contributed by atoms with van der Waals surface area (Å²) < 4.78 is 27.5. The molecule has 2 heterocycles. The minimum atomic E-state index is -3.87. The highest BCUT2D eigenvalue weighted by molar-refractivity contribution is 7.89. The molecule has 2 aromatic heterocycles. The van der Waals surface area contributed by atoms with Crippen LogP contribution in [0.5, 0.6) is 0 Å². The summed E-state index contributed by atoms with van der Waals surface area (Å²) in [7, 11) is -2.43. The van der Waals surface area contributed by atoms with Crippen LogP contribution in [-0.4, -0.2) is 40.3 Å². The molecule has 0 unspecified atom stereocenters. The number of nitrogens with zero attached hydrogens (tertiary/aromatic N) is 3. The minimum Gasteiger partial charge on any atom is -0.281 e. The van der Waals surface area contributed by atoms with Gasteiger partial charge < -0.3 is 0 Å². The molecule has 0 amide bonds. The van der Waals surface area contributed by atoms with Crippen molar-refractivity contribution in [3.63, 3.8) is 0 Å². The summed E-state index contributed by atoms with van der Waals surface area (Å²) in [5, 5.41) is 0.0188. The first-order valence-electron chi connectivity index (χ1n) is 6.64. The lowest BCUT2D eigenvalue weighted by atomic mass is 10.3. The maximum Gasteiger partial charge on any atom is 0.329 e. The monoisotopic (exact) mass is 336 g/mol. The summed E-state index contributed by atoms with van der Waals surface area (Å²) in [5.41, 5.74) is -1.20. The number of aromatic amines is 1. The highest BCUT2D eigenvalue weighted by atomic mass is 32.2. The van der Waals surface area contributed by atoms with Gasteiger partial charge >= 0.3 is 5.69 Å². The van der Waals surface area contributed by atoms with Gasteiger partial charge in [0.15, 0.2) is 0 Å². The van der Waals surface area contributed by atoms with Gasteiger partial charge in [-0.1, -0.05) is 12.2 Å². The fourth-order valence-electron chi connectivity index (χ4n) is 2.07. The molecule has 9 heteroatoms. The highest BCUT2D eigenvalue weighted by Gasteiger charge is 2.24. The lowest BCUT2D eigenvalue weighted by Crippen LogP contribution is -2.32. The van der Waals surface area contributed by atoms with Gasteiger partial charge in [0, 0.05) is 26.3 Å². The second-order valence-corrected chi connectivity index (χ2v) is 6.70. The van der Waals surface area contributed by atoms with E-state index in [0.29, 0.717) is 0 Å². The largest absolute Gasteiger partial charge is 0.329 e. The van der Waals surface area contributed by atoms with Crippen molar-refractivity contribution < 1.29 is 8.42 Å². The first kappa shape index (κ1) is 16.8. The Labute approximate surface area is 132 Å². The molecule has 0 saturated carbocycles. The third-order valence-corrected chi connectivity index (χ3v) is 5.03. The molecule has 2 rings (SSSR count). The van der Waals surface area contributed by atoms with Crippen LogP contribution in [0.2, 0.25) is 0 Å². The van der Waals surface area contributed by atoms with E-state index in [2.05, 4.69) is 23.1 Å². The first-order chi connectivity index (χ1) is 10.8. The Kier molecular flexibility index (Phi) is 4.62. The molecule has 1 N–H and O–H groups in total. The number of aryl methyl sites for hydroxylation is 1. The van der Waals surface area contributed by atoms with Gasteiger partial charge in [-0.3, -0.25) is 14.3 Å². The standard InChI is InChI=1S/C14H16N4O4S/c1-4-6-18(7-5-2)23(21,22)10-8-11-12(15-9-10)17(3)14(20)16-13(11)19/h4-5,8-9H,1-2,6-7H2,3H3,(H,16,19,20). The molecule has 8 nitrogen and oxygen atoms in total. The zero-order valence-corrected chi connectivity index (χ0v) is 13.3. The lowest BCUT2D eigenvalue weighted by molar-refractivity contribution is 0.474. The maximum atomic E-state index is 12.6. The molecular formula is C14H16N4O4S. The molecule has 2 aromatic rings. The van der Waals surface area contributed by atoms with E-state index in [1.165, 1.54) is 25.3 Å². The van der Waals surface area contributed by atoms with Crippen LogP contribution in [-0.2, 0) is 17.1 Å². The molecule has 0 bridgehead atoms. The molecule has 122 valence electrons. The quantitative estimate of drug-likeness (QED) is 0.747. The number of rotatable bonds is 6. The molecule has 23 heavy (non-hydrogen) atoms. The van der Waals surface area contributed by atoms with Crippen LogP contribution in [0.15, 0.2) is 52.1 Å². The van der Waals surface area contributed by atoms with E-state index < -0.39 is 21.3 Å². The summed E-state index contributed by atoms with van der Waals surface area (Å²) in [5.74, 6) is 0. The molecule has 0 spiro atoms. The highest BCUT2D eigenvalue weighted by Crippen LogP contribution is 2.17. The van der Waals surface area contributed by atoms with E-state index in [-0.39, 0.29) is 29.0 Å². The van der Waals surface area contributed by atoms with Gasteiger partial charge in [-0.2, -0.15) is 4.31 Å². The molecule has 0 atom stereocenters. The number of aromatic nitrogens is 3. The molecule has 0 aromatic carbocycles. The van der Waals surface area contributed by atoms with E-state index >= 15 is 0 Å². The summed E-state index contributed by atoms with van der Waals surface area (Å²) in [4.78, 5) is 29.4. The Morgan fingerprint density at radius 1 is 1.30 bits per heavy atom. The number of H-pyrrole nitrogens is 1. The smallest absolute Gasteiger partial charge is 0.281 e. The van der Waals surface area contributed by atoms with E-state index in [1.54, 1.807) is 0 Å². The fraction of sp³-hybridized carbons (Fsp3) is 0.214. The first-order valence-corrected chi connectivity index (χ1v) is 8.08. The Morgan fingerprint density at radius 2 is 1.91 bits per heavy atom. The molecule has 0 fully saturated rings. The van der Waals surface area contributed by atoms with Gasteiger partial charge in [0.05, 0.1) is 5.39 Å². The van der Waals surface area contributed by atoms with Crippen LogP contribution >= 0.6 is 0 Å². The van der Waals surface area contributed by atoms with Crippen molar-refractivity contribution in [3.05, 3.63) is 58.4 Å². The second-order valence-electron chi connectivity index (χ2n) is 4.76. The summed E-state index contributed by atoms with van der Waals surface area (Å²) in [6, 6.07) is 1.20. The van der Waals surface area contributed by atoms with Gasteiger partial charge in [-0.15, -0.1) is 13.2 Å². The number of nitrogens with one attached hydrogen (secondary N) is 1.